The van der Waals surface area contributed by atoms with Crippen molar-refractivity contribution >= 4 is 34.9 Å². The van der Waals surface area contributed by atoms with Crippen LogP contribution < -0.4 is 10.2 Å². The molecule has 3 heterocycles. The molecule has 1 saturated heterocycles. The molecule has 27 heavy (non-hydrogen) atoms. The van der Waals surface area contributed by atoms with Gasteiger partial charge in [0.05, 0.1) is 5.52 Å². The van der Waals surface area contributed by atoms with Crippen LogP contribution in [-0.4, -0.2) is 34.3 Å². The molecular formula is C21H27ClN4O. The Labute approximate surface area is 166 Å². The number of hydrogen-bond donors (Lipinski definition) is 3. The molecule has 144 valence electrons. The van der Waals surface area contributed by atoms with Gasteiger partial charge in [0.25, 0.3) is 0 Å². The Bertz CT molecular complexity index is 850. The summed E-state index contributed by atoms with van der Waals surface area (Å²) >= 11 is 0. The van der Waals surface area contributed by atoms with Crippen molar-refractivity contribution in [1.29, 1.82) is 0 Å². The minimum atomic E-state index is 0. The number of aliphatic hydroxyl groups excluding tert-OH is 1. The number of rotatable bonds is 6. The van der Waals surface area contributed by atoms with E-state index in [4.69, 9.17) is 4.98 Å². The largest absolute Gasteiger partial charge is 0.396 e. The van der Waals surface area contributed by atoms with E-state index in [1.807, 2.05) is 12.3 Å². The lowest BCUT2D eigenvalue weighted by molar-refractivity contribution is 0.262. The zero-order chi connectivity index (χ0) is 17.8. The predicted molar refractivity (Wildman–Crippen MR) is 114 cm³/mol. The van der Waals surface area contributed by atoms with Gasteiger partial charge in [0.2, 0.25) is 0 Å². The van der Waals surface area contributed by atoms with Crippen molar-refractivity contribution < 1.29 is 5.11 Å². The summed E-state index contributed by atoms with van der Waals surface area (Å²) < 4.78 is 0. The number of aromatic amines is 1. The van der Waals surface area contributed by atoms with E-state index in [9.17, 15) is 5.11 Å². The number of hydrogen-bond acceptors (Lipinski definition) is 4. The number of pyridine rings is 1. The first-order valence-corrected chi connectivity index (χ1v) is 9.48. The lowest BCUT2D eigenvalue weighted by Gasteiger charge is -2.36. The van der Waals surface area contributed by atoms with Gasteiger partial charge in [0.15, 0.2) is 5.82 Å². The Balaban J connectivity index is 0.00000210. The van der Waals surface area contributed by atoms with Gasteiger partial charge in [0.1, 0.15) is 5.82 Å². The molecule has 0 bridgehead atoms. The Morgan fingerprint density at radius 3 is 2.85 bits per heavy atom. The highest BCUT2D eigenvalue weighted by atomic mass is 35.5. The van der Waals surface area contributed by atoms with Crippen molar-refractivity contribution in [3.63, 3.8) is 0 Å². The number of nitrogens with zero attached hydrogens (tertiary/aromatic N) is 2. The number of halogens is 1. The zero-order valence-electron chi connectivity index (χ0n) is 15.4. The van der Waals surface area contributed by atoms with Crippen LogP contribution in [-0.2, 0) is 6.54 Å². The number of fused-ring (bicyclic) bond motifs is 1. The van der Waals surface area contributed by atoms with Crippen LogP contribution in [0.1, 0.15) is 31.2 Å². The topological polar surface area (TPSA) is 64.2 Å². The number of benzene rings is 1. The molecule has 2 aromatic heterocycles. The predicted octanol–water partition coefficient (Wildman–Crippen LogP) is 4.34. The molecule has 1 aliphatic rings. The summed E-state index contributed by atoms with van der Waals surface area (Å²) in [6.07, 6.45) is 6.30. The van der Waals surface area contributed by atoms with Crippen LogP contribution in [0, 0.1) is 0 Å². The molecular weight excluding hydrogens is 360 g/mol. The molecule has 1 atom stereocenters. The summed E-state index contributed by atoms with van der Waals surface area (Å²) in [6.45, 7) is 1.98. The number of piperidine rings is 1. The van der Waals surface area contributed by atoms with Crippen molar-refractivity contribution in [2.75, 3.05) is 23.4 Å². The fraction of sp³-hybridized carbons (Fsp3) is 0.381. The molecule has 3 aromatic rings. The third-order valence-electron chi connectivity index (χ3n) is 5.21. The van der Waals surface area contributed by atoms with Crippen LogP contribution in [0.5, 0.6) is 0 Å². The lowest BCUT2D eigenvalue weighted by Crippen LogP contribution is -2.40. The number of nitrogens with one attached hydrogen (secondary N) is 2. The second-order valence-electron chi connectivity index (χ2n) is 6.97. The Kier molecular flexibility index (Phi) is 6.58. The summed E-state index contributed by atoms with van der Waals surface area (Å²) in [5.74, 6) is 1.89. The van der Waals surface area contributed by atoms with Gasteiger partial charge in [0, 0.05) is 37.3 Å². The van der Waals surface area contributed by atoms with Crippen molar-refractivity contribution in [1.82, 2.24) is 9.97 Å². The molecule has 1 unspecified atom stereocenters. The van der Waals surface area contributed by atoms with Crippen LogP contribution in [0.2, 0.25) is 0 Å². The summed E-state index contributed by atoms with van der Waals surface area (Å²) in [5.41, 5.74) is 2.27. The molecule has 0 spiro atoms. The highest BCUT2D eigenvalue weighted by molar-refractivity contribution is 5.91. The minimum absolute atomic E-state index is 0. The van der Waals surface area contributed by atoms with E-state index >= 15 is 0 Å². The average molecular weight is 387 g/mol. The van der Waals surface area contributed by atoms with Gasteiger partial charge in [-0.15, -0.1) is 12.4 Å². The minimum Gasteiger partial charge on any atom is -0.396 e. The second kappa shape index (κ2) is 9.11. The van der Waals surface area contributed by atoms with E-state index in [-0.39, 0.29) is 19.0 Å². The molecule has 0 radical (unpaired) electrons. The molecule has 0 amide bonds. The van der Waals surface area contributed by atoms with E-state index in [1.165, 1.54) is 23.8 Å². The first kappa shape index (κ1) is 19.5. The van der Waals surface area contributed by atoms with Gasteiger partial charge in [-0.3, -0.25) is 0 Å². The molecule has 1 aromatic carbocycles. The fourth-order valence-electron chi connectivity index (χ4n) is 3.86. The second-order valence-corrected chi connectivity index (χ2v) is 6.97. The molecule has 1 fully saturated rings. The number of aliphatic hydroxyl groups is 1. The molecule has 0 aliphatic carbocycles. The zero-order valence-corrected chi connectivity index (χ0v) is 16.2. The number of H-pyrrole nitrogens is 1. The van der Waals surface area contributed by atoms with Crippen LogP contribution in [0.25, 0.3) is 10.9 Å². The van der Waals surface area contributed by atoms with Crippen LogP contribution in [0.3, 0.4) is 0 Å². The molecule has 5 nitrogen and oxygen atoms in total. The highest BCUT2D eigenvalue weighted by Gasteiger charge is 2.24. The smallest absolute Gasteiger partial charge is 0.153 e. The van der Waals surface area contributed by atoms with E-state index in [0.717, 1.165) is 43.1 Å². The SMILES string of the molecule is Cl.OCCC1CCCCN1c1cc2cc[nH]c2c(NCc2ccccc2)n1. The van der Waals surface area contributed by atoms with Crippen molar-refractivity contribution in [2.24, 2.45) is 0 Å². The highest BCUT2D eigenvalue weighted by Crippen LogP contribution is 2.30. The van der Waals surface area contributed by atoms with Gasteiger partial charge < -0.3 is 20.3 Å². The van der Waals surface area contributed by atoms with Gasteiger partial charge >= 0.3 is 0 Å². The van der Waals surface area contributed by atoms with Gasteiger partial charge in [-0.25, -0.2) is 4.98 Å². The van der Waals surface area contributed by atoms with E-state index in [0.29, 0.717) is 6.04 Å². The molecule has 4 rings (SSSR count). The Morgan fingerprint density at radius 2 is 2.04 bits per heavy atom. The normalized spacial score (nSPS) is 16.9. The van der Waals surface area contributed by atoms with Gasteiger partial charge in [-0.1, -0.05) is 30.3 Å². The quantitative estimate of drug-likeness (QED) is 0.589. The lowest BCUT2D eigenvalue weighted by atomic mass is 9.99. The van der Waals surface area contributed by atoms with Gasteiger partial charge in [-0.05, 0) is 43.4 Å². The monoisotopic (exact) mass is 386 g/mol. The summed E-state index contributed by atoms with van der Waals surface area (Å²) in [5, 5.41) is 14.1. The maximum absolute atomic E-state index is 9.42. The third-order valence-corrected chi connectivity index (χ3v) is 5.21. The van der Waals surface area contributed by atoms with E-state index in [2.05, 4.69) is 51.6 Å². The molecule has 1 aliphatic heterocycles. The van der Waals surface area contributed by atoms with Gasteiger partial charge in [-0.2, -0.15) is 0 Å². The van der Waals surface area contributed by atoms with Crippen molar-refractivity contribution in [2.45, 2.75) is 38.3 Å². The summed E-state index contributed by atoms with van der Waals surface area (Å²) in [6, 6.07) is 15.0. The first-order chi connectivity index (χ1) is 12.8. The summed E-state index contributed by atoms with van der Waals surface area (Å²) in [7, 11) is 0. The Hall–Kier alpha value is -2.24. The fourth-order valence-corrected chi connectivity index (χ4v) is 3.86. The van der Waals surface area contributed by atoms with Crippen LogP contribution >= 0.6 is 12.4 Å². The molecule has 0 saturated carbocycles. The van der Waals surface area contributed by atoms with Crippen molar-refractivity contribution in [3.05, 3.63) is 54.2 Å². The van der Waals surface area contributed by atoms with Crippen molar-refractivity contribution in [3.8, 4) is 0 Å². The third kappa shape index (κ3) is 4.37. The van der Waals surface area contributed by atoms with E-state index < -0.39 is 0 Å². The summed E-state index contributed by atoms with van der Waals surface area (Å²) in [4.78, 5) is 10.6. The number of aromatic nitrogens is 2. The molecule has 3 N–H and O–H groups in total. The first-order valence-electron chi connectivity index (χ1n) is 9.48. The maximum atomic E-state index is 9.42. The standard InChI is InChI=1S/C21H26N4O.ClH/c26-13-10-18-8-4-5-12-25(18)19-14-17-9-11-22-20(17)21(24-19)23-15-16-6-2-1-3-7-16;/h1-3,6-7,9,11,14,18,22,26H,4-5,8,10,12-13,15H2,(H,23,24);1H. The number of anilines is 2. The molecule has 6 heteroatoms. The average Bonchev–Trinajstić information content (AvgIpc) is 3.16. The Morgan fingerprint density at radius 1 is 1.19 bits per heavy atom. The van der Waals surface area contributed by atoms with E-state index in [1.54, 1.807) is 0 Å². The maximum Gasteiger partial charge on any atom is 0.153 e. The van der Waals surface area contributed by atoms with Crippen LogP contribution in [0.15, 0.2) is 48.7 Å². The van der Waals surface area contributed by atoms with Crippen LogP contribution in [0.4, 0.5) is 11.6 Å².